The number of hydrogen-bond donors (Lipinski definition) is 0. The third-order valence-electron chi connectivity index (χ3n) is 11.2. The highest BCUT2D eigenvalue weighted by molar-refractivity contribution is 6.95. The van der Waals surface area contributed by atoms with Gasteiger partial charge in [-0.25, -0.2) is 4.98 Å². The second kappa shape index (κ2) is 13.3. The molecule has 0 saturated carbocycles. The molecule has 0 fully saturated rings. The fraction of sp³-hybridized carbons (Fsp3) is 0. The van der Waals surface area contributed by atoms with Gasteiger partial charge in [-0.1, -0.05) is 173 Å². The van der Waals surface area contributed by atoms with Crippen LogP contribution in [0.3, 0.4) is 0 Å². The minimum Gasteiger partial charge on any atom is -0.309 e. The third-order valence-corrected chi connectivity index (χ3v) is 14.3. The van der Waals surface area contributed by atoms with Crippen LogP contribution < -0.4 is 15.6 Å². The van der Waals surface area contributed by atoms with Gasteiger partial charge in [0.15, 0.2) is 5.65 Å². The summed E-state index contributed by atoms with van der Waals surface area (Å²) in [5, 5.41) is 7.86. The molecule has 0 aliphatic rings. The number of rotatable bonds is 7. The highest BCUT2D eigenvalue weighted by Crippen LogP contribution is 2.44. The Kier molecular flexibility index (Phi) is 7.64. The van der Waals surface area contributed by atoms with Gasteiger partial charge in [0.05, 0.1) is 16.6 Å². The van der Waals surface area contributed by atoms with Crippen molar-refractivity contribution in [3.8, 4) is 28.5 Å². The summed E-state index contributed by atoms with van der Waals surface area (Å²) in [7, 11) is -1.68. The van der Waals surface area contributed by atoms with Crippen molar-refractivity contribution in [2.75, 3.05) is 0 Å². The lowest BCUT2D eigenvalue weighted by molar-refractivity contribution is 1.10. The van der Waals surface area contributed by atoms with Crippen molar-refractivity contribution in [2.24, 2.45) is 0 Å². The first-order valence-corrected chi connectivity index (χ1v) is 20.9. The molecule has 0 unspecified atom stereocenters. The molecule has 4 nitrogen and oxygen atoms in total. The second-order valence-electron chi connectivity index (χ2n) is 14.4. The Hall–Kier alpha value is -7.21. The van der Waals surface area contributed by atoms with E-state index in [1.165, 1.54) is 42.8 Å². The number of benzene rings is 8. The first-order valence-electron chi connectivity index (χ1n) is 19.2. The van der Waals surface area contributed by atoms with Gasteiger partial charge in [-0.3, -0.25) is 9.13 Å². The van der Waals surface area contributed by atoms with E-state index in [1.807, 2.05) is 0 Å². The molecule has 0 atom stereocenters. The maximum atomic E-state index is 5.52. The van der Waals surface area contributed by atoms with Gasteiger partial charge in [0, 0.05) is 38.8 Å². The van der Waals surface area contributed by atoms with E-state index in [-0.39, 0.29) is 0 Å². The molecule has 0 radical (unpaired) electrons. The van der Waals surface area contributed by atoms with Crippen LogP contribution >= 0.6 is 0 Å². The Balaban J connectivity index is 1.21. The van der Waals surface area contributed by atoms with Crippen molar-refractivity contribution in [3.05, 3.63) is 212 Å². The van der Waals surface area contributed by atoms with Crippen LogP contribution in [0.5, 0.6) is 0 Å². The van der Waals surface area contributed by atoms with Gasteiger partial charge in [0.1, 0.15) is 20.1 Å². The van der Waals surface area contributed by atoms with E-state index in [4.69, 9.17) is 4.98 Å². The Bertz CT molecular complexity index is 3110. The average molecular weight is 733 g/mol. The average Bonchev–Trinajstić information content (AvgIpc) is 3.93. The van der Waals surface area contributed by atoms with Gasteiger partial charge < -0.3 is 4.57 Å². The van der Waals surface area contributed by atoms with Crippen LogP contribution in [0.2, 0.25) is 0 Å². The topological polar surface area (TPSA) is 27.7 Å². The SMILES string of the molecule is c1ccc(-c2nc3c(c4c5c6ccccc6n(-c6ccc([SiH](c7ccccc7)c7ccccc7)cc6)c5ccc4n3-c3ccccc3)n2-c2ccccc2)cc1. The summed E-state index contributed by atoms with van der Waals surface area (Å²) in [6, 6.07) is 76.8. The van der Waals surface area contributed by atoms with Gasteiger partial charge >= 0.3 is 0 Å². The van der Waals surface area contributed by atoms with E-state index < -0.39 is 8.80 Å². The van der Waals surface area contributed by atoms with Crippen LogP contribution in [0.25, 0.3) is 72.3 Å². The molecule has 264 valence electrons. The predicted octanol–water partition coefficient (Wildman–Crippen LogP) is 9.98. The lowest BCUT2D eigenvalue weighted by atomic mass is 10.1. The molecule has 0 aliphatic heterocycles. The summed E-state index contributed by atoms with van der Waals surface area (Å²) in [5.41, 5.74) is 9.88. The quantitative estimate of drug-likeness (QED) is 0.118. The van der Waals surface area contributed by atoms with Crippen molar-refractivity contribution < 1.29 is 0 Å². The molecule has 0 spiro atoms. The Morgan fingerprint density at radius 3 is 1.41 bits per heavy atom. The van der Waals surface area contributed by atoms with Crippen LogP contribution in [-0.4, -0.2) is 27.5 Å². The van der Waals surface area contributed by atoms with Crippen LogP contribution in [0.15, 0.2) is 212 Å². The maximum Gasteiger partial charge on any atom is 0.165 e. The van der Waals surface area contributed by atoms with Crippen LogP contribution in [-0.2, 0) is 0 Å². The van der Waals surface area contributed by atoms with Crippen molar-refractivity contribution >= 4 is 68.2 Å². The van der Waals surface area contributed by atoms with Crippen molar-refractivity contribution in [1.82, 2.24) is 18.7 Å². The normalized spacial score (nSPS) is 11.7. The first kappa shape index (κ1) is 32.2. The first-order chi connectivity index (χ1) is 27.8. The minimum atomic E-state index is -1.68. The molecule has 0 aliphatic carbocycles. The summed E-state index contributed by atoms with van der Waals surface area (Å²) in [6.07, 6.45) is 0. The van der Waals surface area contributed by atoms with Gasteiger partial charge in [0.25, 0.3) is 0 Å². The highest BCUT2D eigenvalue weighted by Gasteiger charge is 2.27. The zero-order valence-corrected chi connectivity index (χ0v) is 31.7. The predicted molar refractivity (Wildman–Crippen MR) is 237 cm³/mol. The molecule has 5 heteroatoms. The number of hydrogen-bond acceptors (Lipinski definition) is 1. The molecule has 3 heterocycles. The number of fused-ring (bicyclic) bond motifs is 7. The standard InChI is InChI=1S/C51H36N4Si/c1-6-18-36(19-7-1)50-52-51-49(55(50)38-22-10-3-11-23-38)48-46(54(51)37-20-8-2-9-21-37)35-34-45-47(48)43-28-16-17-29-44(43)53(45)39-30-32-42(33-31-39)56(40-24-12-4-13-25-40)41-26-14-5-15-27-41/h1-35,56H. The number of nitrogens with zero attached hydrogens (tertiary/aromatic N) is 4. The second-order valence-corrected chi connectivity index (χ2v) is 17.2. The van der Waals surface area contributed by atoms with Crippen molar-refractivity contribution in [3.63, 3.8) is 0 Å². The van der Waals surface area contributed by atoms with Gasteiger partial charge in [-0.2, -0.15) is 0 Å². The largest absolute Gasteiger partial charge is 0.309 e. The van der Waals surface area contributed by atoms with E-state index in [9.17, 15) is 0 Å². The Morgan fingerprint density at radius 2 is 0.804 bits per heavy atom. The molecule has 11 rings (SSSR count). The smallest absolute Gasteiger partial charge is 0.165 e. The fourth-order valence-electron chi connectivity index (χ4n) is 8.79. The molecular weight excluding hydrogens is 697 g/mol. The van der Waals surface area contributed by atoms with E-state index >= 15 is 0 Å². The monoisotopic (exact) mass is 732 g/mol. The lowest BCUT2D eigenvalue weighted by Crippen LogP contribution is -2.51. The molecule has 3 aromatic heterocycles. The highest BCUT2D eigenvalue weighted by atomic mass is 28.3. The number of aromatic nitrogens is 4. The van der Waals surface area contributed by atoms with Gasteiger partial charge in [-0.05, 0) is 54.6 Å². The van der Waals surface area contributed by atoms with Gasteiger partial charge in [0.2, 0.25) is 0 Å². The minimum absolute atomic E-state index is 0.917. The van der Waals surface area contributed by atoms with Crippen LogP contribution in [0.1, 0.15) is 0 Å². The number of imidazole rings is 1. The summed E-state index contributed by atoms with van der Waals surface area (Å²) in [4.78, 5) is 5.52. The van der Waals surface area contributed by atoms with Gasteiger partial charge in [-0.15, -0.1) is 0 Å². The zero-order chi connectivity index (χ0) is 37.0. The zero-order valence-electron chi connectivity index (χ0n) is 30.6. The summed E-state index contributed by atoms with van der Waals surface area (Å²) in [6.45, 7) is 0. The molecule has 0 amide bonds. The fourth-order valence-corrected chi connectivity index (χ4v) is 11.7. The summed E-state index contributed by atoms with van der Waals surface area (Å²) in [5.74, 6) is 0.917. The molecule has 11 aromatic rings. The Morgan fingerprint density at radius 1 is 0.339 bits per heavy atom. The third kappa shape index (κ3) is 5.09. The van der Waals surface area contributed by atoms with E-state index in [0.717, 1.165) is 45.1 Å². The lowest BCUT2D eigenvalue weighted by Gasteiger charge is -2.18. The van der Waals surface area contributed by atoms with Crippen LogP contribution in [0.4, 0.5) is 0 Å². The molecular formula is C51H36N4Si. The van der Waals surface area contributed by atoms with Crippen molar-refractivity contribution in [1.29, 1.82) is 0 Å². The van der Waals surface area contributed by atoms with E-state index in [0.29, 0.717) is 0 Å². The maximum absolute atomic E-state index is 5.52. The van der Waals surface area contributed by atoms with E-state index in [2.05, 4.69) is 226 Å². The van der Waals surface area contributed by atoms with E-state index in [1.54, 1.807) is 0 Å². The molecule has 0 N–H and O–H groups in total. The molecule has 8 aromatic carbocycles. The summed E-state index contributed by atoms with van der Waals surface area (Å²) >= 11 is 0. The molecule has 56 heavy (non-hydrogen) atoms. The summed E-state index contributed by atoms with van der Waals surface area (Å²) < 4.78 is 7.15. The van der Waals surface area contributed by atoms with Crippen LogP contribution in [0, 0.1) is 0 Å². The number of para-hydroxylation sites is 3. The Labute approximate surface area is 326 Å². The van der Waals surface area contributed by atoms with Crippen molar-refractivity contribution in [2.45, 2.75) is 0 Å². The molecule has 0 saturated heterocycles. The molecule has 0 bridgehead atoms.